The van der Waals surface area contributed by atoms with Crippen molar-refractivity contribution >= 4 is 33.3 Å². The zero-order valence-electron chi connectivity index (χ0n) is 17.4. The summed E-state index contributed by atoms with van der Waals surface area (Å²) >= 11 is 1.32. The first-order valence-electron chi connectivity index (χ1n) is 10.3. The average Bonchev–Trinajstić information content (AvgIpc) is 3.48. The summed E-state index contributed by atoms with van der Waals surface area (Å²) in [5.41, 5.74) is 2.57. The molecule has 0 radical (unpaired) electrons. The molecule has 0 aliphatic carbocycles. The number of nitrogens with one attached hydrogen (secondary N) is 2. The Hall–Kier alpha value is -4.24. The number of carbonyl (C=O) groups excluding carboxylic acids is 1. The van der Waals surface area contributed by atoms with Crippen LogP contribution in [0.25, 0.3) is 22.2 Å². The highest BCUT2D eigenvalue weighted by Crippen LogP contribution is 2.31. The van der Waals surface area contributed by atoms with E-state index in [1.54, 1.807) is 0 Å². The Morgan fingerprint density at radius 1 is 1.06 bits per heavy atom. The molecule has 0 spiro atoms. The minimum atomic E-state index is -0.437. The number of thiazole rings is 1. The Labute approximate surface area is 192 Å². The van der Waals surface area contributed by atoms with Crippen LogP contribution in [0.4, 0.5) is 5.13 Å². The number of aromatic nitrogens is 4. The lowest BCUT2D eigenvalue weighted by atomic mass is 10.1. The number of carbonyl (C=O) groups is 1. The van der Waals surface area contributed by atoms with Gasteiger partial charge in [-0.25, -0.2) is 9.67 Å². The number of H-pyrrole nitrogens is 1. The predicted molar refractivity (Wildman–Crippen MR) is 128 cm³/mol. The third-order valence-electron chi connectivity index (χ3n) is 5.00. The van der Waals surface area contributed by atoms with E-state index in [0.717, 1.165) is 22.2 Å². The second kappa shape index (κ2) is 9.09. The molecule has 5 rings (SSSR count). The van der Waals surface area contributed by atoms with Crippen LogP contribution in [0.2, 0.25) is 0 Å². The number of anilines is 1. The molecule has 164 valence electrons. The number of ether oxygens (including phenoxy) is 1. The second-order valence-corrected chi connectivity index (χ2v) is 8.04. The van der Waals surface area contributed by atoms with Crippen molar-refractivity contribution < 1.29 is 9.53 Å². The first kappa shape index (κ1) is 20.7. The van der Waals surface area contributed by atoms with Gasteiger partial charge in [-0.3, -0.25) is 14.9 Å². The summed E-state index contributed by atoms with van der Waals surface area (Å²) in [7, 11) is 0. The molecule has 33 heavy (non-hydrogen) atoms. The van der Waals surface area contributed by atoms with Gasteiger partial charge in [0.2, 0.25) is 0 Å². The molecule has 8 nitrogen and oxygen atoms in total. The van der Waals surface area contributed by atoms with E-state index in [4.69, 9.17) is 4.74 Å². The Kier molecular flexibility index (Phi) is 5.69. The maximum Gasteiger partial charge on any atom is 0.277 e. The summed E-state index contributed by atoms with van der Waals surface area (Å²) in [6.07, 6.45) is 1.90. The first-order valence-corrected chi connectivity index (χ1v) is 11.1. The molecule has 2 aromatic carbocycles. The van der Waals surface area contributed by atoms with Crippen molar-refractivity contribution in [3.05, 3.63) is 94.4 Å². The summed E-state index contributed by atoms with van der Waals surface area (Å²) < 4.78 is 6.84. The minimum Gasteiger partial charge on any atom is -0.492 e. The molecular formula is C24H19N5O3S. The summed E-state index contributed by atoms with van der Waals surface area (Å²) in [5, 5.41) is 10.4. The van der Waals surface area contributed by atoms with Crippen molar-refractivity contribution in [2.45, 2.75) is 6.54 Å². The van der Waals surface area contributed by atoms with Crippen molar-refractivity contribution in [1.82, 2.24) is 19.7 Å². The molecule has 0 atom stereocenters. The molecule has 0 bridgehead atoms. The van der Waals surface area contributed by atoms with Gasteiger partial charge < -0.3 is 9.72 Å². The van der Waals surface area contributed by atoms with Crippen molar-refractivity contribution in [2.24, 2.45) is 0 Å². The number of rotatable bonds is 7. The van der Waals surface area contributed by atoms with Gasteiger partial charge in [0, 0.05) is 34.1 Å². The Morgan fingerprint density at radius 3 is 2.76 bits per heavy atom. The van der Waals surface area contributed by atoms with Gasteiger partial charge in [-0.1, -0.05) is 36.4 Å². The topological polar surface area (TPSA) is 102 Å². The maximum atomic E-state index is 12.7. The zero-order valence-corrected chi connectivity index (χ0v) is 18.2. The SMILES string of the molecule is O=C(Nc1nc(-c2c[nH]c3ccccc23)cs1)c1ccc(=O)n(CCOc2ccccc2)n1. The van der Waals surface area contributed by atoms with E-state index in [1.807, 2.05) is 66.2 Å². The highest BCUT2D eigenvalue weighted by Gasteiger charge is 2.14. The van der Waals surface area contributed by atoms with E-state index in [0.29, 0.717) is 10.9 Å². The maximum absolute atomic E-state index is 12.7. The van der Waals surface area contributed by atoms with Crippen LogP contribution in [0.15, 0.2) is 83.1 Å². The molecule has 1 amide bonds. The number of benzene rings is 2. The Balaban J connectivity index is 1.27. The lowest BCUT2D eigenvalue weighted by Crippen LogP contribution is -2.28. The molecule has 5 aromatic rings. The number of nitrogens with zero attached hydrogens (tertiary/aromatic N) is 3. The van der Waals surface area contributed by atoms with Gasteiger partial charge >= 0.3 is 0 Å². The summed E-state index contributed by atoms with van der Waals surface area (Å²) in [6, 6.07) is 20.0. The lowest BCUT2D eigenvalue weighted by molar-refractivity contribution is 0.101. The van der Waals surface area contributed by atoms with Crippen molar-refractivity contribution in [1.29, 1.82) is 0 Å². The molecular weight excluding hydrogens is 438 g/mol. The monoisotopic (exact) mass is 457 g/mol. The number of fused-ring (bicyclic) bond motifs is 1. The molecule has 3 heterocycles. The van der Waals surface area contributed by atoms with Gasteiger partial charge in [0.1, 0.15) is 18.1 Å². The van der Waals surface area contributed by atoms with Crippen LogP contribution in [-0.2, 0) is 6.54 Å². The van der Waals surface area contributed by atoms with Crippen LogP contribution < -0.4 is 15.6 Å². The summed E-state index contributed by atoms with van der Waals surface area (Å²) in [4.78, 5) is 32.6. The van der Waals surface area contributed by atoms with Gasteiger partial charge in [-0.15, -0.1) is 11.3 Å². The standard InChI is InChI=1S/C24H19N5O3S/c30-22-11-10-20(28-29(22)12-13-32-16-6-2-1-3-7-16)23(31)27-24-26-21(15-33-24)18-14-25-19-9-5-4-8-17(18)19/h1-11,14-15,25H,12-13H2,(H,26,27,31). The van der Waals surface area contributed by atoms with Gasteiger partial charge in [-0.2, -0.15) is 5.10 Å². The second-order valence-electron chi connectivity index (χ2n) is 7.18. The van der Waals surface area contributed by atoms with E-state index in [9.17, 15) is 9.59 Å². The van der Waals surface area contributed by atoms with Crippen molar-refractivity contribution in [3.8, 4) is 17.0 Å². The lowest BCUT2D eigenvalue weighted by Gasteiger charge is -2.08. The van der Waals surface area contributed by atoms with Crippen molar-refractivity contribution in [2.75, 3.05) is 11.9 Å². The van der Waals surface area contributed by atoms with E-state index in [1.165, 1.54) is 28.2 Å². The zero-order chi connectivity index (χ0) is 22.6. The smallest absolute Gasteiger partial charge is 0.277 e. The molecule has 9 heteroatoms. The van der Waals surface area contributed by atoms with E-state index < -0.39 is 5.91 Å². The van der Waals surface area contributed by atoms with Crippen LogP contribution in [0.3, 0.4) is 0 Å². The van der Waals surface area contributed by atoms with Crippen molar-refractivity contribution in [3.63, 3.8) is 0 Å². The molecule has 0 fully saturated rings. The number of hydrogen-bond acceptors (Lipinski definition) is 6. The minimum absolute atomic E-state index is 0.123. The molecule has 0 unspecified atom stereocenters. The normalized spacial score (nSPS) is 10.9. The largest absolute Gasteiger partial charge is 0.492 e. The van der Waals surface area contributed by atoms with Crippen LogP contribution in [0, 0.1) is 0 Å². The fourth-order valence-electron chi connectivity index (χ4n) is 3.40. The van der Waals surface area contributed by atoms with Crippen LogP contribution >= 0.6 is 11.3 Å². The number of hydrogen-bond donors (Lipinski definition) is 2. The molecule has 0 saturated carbocycles. The highest BCUT2D eigenvalue weighted by atomic mass is 32.1. The van der Waals surface area contributed by atoms with E-state index >= 15 is 0 Å². The number of amides is 1. The molecule has 0 aliphatic rings. The van der Waals surface area contributed by atoms with E-state index in [2.05, 4.69) is 20.4 Å². The Bertz CT molecular complexity index is 1470. The molecule has 3 aromatic heterocycles. The molecule has 2 N–H and O–H groups in total. The van der Waals surface area contributed by atoms with Crippen LogP contribution in [-0.4, -0.2) is 32.3 Å². The fourth-order valence-corrected chi connectivity index (χ4v) is 4.10. The number of para-hydroxylation sites is 2. The average molecular weight is 458 g/mol. The quantitative estimate of drug-likeness (QED) is 0.382. The third-order valence-corrected chi connectivity index (χ3v) is 5.76. The third kappa shape index (κ3) is 4.53. The van der Waals surface area contributed by atoms with E-state index in [-0.39, 0.29) is 24.4 Å². The van der Waals surface area contributed by atoms with Crippen LogP contribution in [0.1, 0.15) is 10.5 Å². The fraction of sp³-hybridized carbons (Fsp3) is 0.0833. The van der Waals surface area contributed by atoms with Gasteiger partial charge in [0.25, 0.3) is 11.5 Å². The predicted octanol–water partition coefficient (Wildman–Crippen LogP) is 4.18. The van der Waals surface area contributed by atoms with Gasteiger partial charge in [0.15, 0.2) is 5.13 Å². The Morgan fingerprint density at radius 2 is 1.88 bits per heavy atom. The van der Waals surface area contributed by atoms with Crippen LogP contribution in [0.5, 0.6) is 5.75 Å². The molecule has 0 saturated heterocycles. The summed E-state index contributed by atoms with van der Waals surface area (Å²) in [6.45, 7) is 0.471. The number of aromatic amines is 1. The highest BCUT2D eigenvalue weighted by molar-refractivity contribution is 7.14. The molecule has 0 aliphatic heterocycles. The van der Waals surface area contributed by atoms with Gasteiger partial charge in [-0.05, 0) is 24.3 Å². The van der Waals surface area contributed by atoms with Gasteiger partial charge in [0.05, 0.1) is 12.2 Å². The first-order chi connectivity index (χ1) is 16.2. The summed E-state index contributed by atoms with van der Waals surface area (Å²) in [5.74, 6) is 0.266.